The van der Waals surface area contributed by atoms with Crippen molar-refractivity contribution < 1.29 is 0 Å². The molecule has 0 bridgehead atoms. The number of thioether (sulfide) groups is 1. The van der Waals surface area contributed by atoms with E-state index in [2.05, 4.69) is 33.4 Å². The number of benzene rings is 1. The summed E-state index contributed by atoms with van der Waals surface area (Å²) in [5, 5.41) is 2.92. The van der Waals surface area contributed by atoms with Crippen LogP contribution < -0.4 is 0 Å². The first kappa shape index (κ1) is 11.5. The molecule has 1 aromatic carbocycles. The third-order valence-corrected chi connectivity index (χ3v) is 5.54. The Morgan fingerprint density at radius 3 is 2.73 bits per heavy atom. The van der Waals surface area contributed by atoms with E-state index in [0.717, 1.165) is 15.7 Å². The molecule has 0 saturated heterocycles. The van der Waals surface area contributed by atoms with Crippen molar-refractivity contribution in [1.82, 2.24) is 0 Å². The van der Waals surface area contributed by atoms with E-state index in [0.29, 0.717) is 0 Å². The Morgan fingerprint density at radius 1 is 1.27 bits per heavy atom. The normalized spacial score (nSPS) is 10.5. The first-order valence-electron chi connectivity index (χ1n) is 4.36. The summed E-state index contributed by atoms with van der Waals surface area (Å²) in [6.07, 6.45) is 0. The summed E-state index contributed by atoms with van der Waals surface area (Å²) in [6, 6.07) is 10.0. The van der Waals surface area contributed by atoms with Gasteiger partial charge in [0.05, 0.1) is 5.02 Å². The first-order valence-corrected chi connectivity index (χ1v) is 7.40. The highest BCUT2D eigenvalue weighted by atomic mass is 79.9. The summed E-state index contributed by atoms with van der Waals surface area (Å²) in [5.74, 6) is 0.960. The summed E-state index contributed by atoms with van der Waals surface area (Å²) in [5.41, 5.74) is 0. The third kappa shape index (κ3) is 3.00. The second-order valence-corrected chi connectivity index (χ2v) is 6.19. The van der Waals surface area contributed by atoms with Crippen LogP contribution in [-0.4, -0.2) is 0 Å². The number of thiophene rings is 1. The molecule has 0 radical (unpaired) electrons. The Balaban J connectivity index is 2.06. The molecule has 1 aromatic heterocycles. The smallest absolute Gasteiger partial charge is 0.0541 e. The van der Waals surface area contributed by atoms with Gasteiger partial charge in [-0.05, 0) is 39.5 Å². The molecule has 15 heavy (non-hydrogen) atoms. The fraction of sp³-hybridized carbons (Fsp3) is 0.0909. The largest absolute Gasteiger partial charge is 0.147 e. The molecule has 78 valence electrons. The predicted molar refractivity (Wildman–Crippen MR) is 73.0 cm³/mol. The maximum absolute atomic E-state index is 6.08. The Kier molecular flexibility index (Phi) is 4.14. The van der Waals surface area contributed by atoms with E-state index in [1.54, 1.807) is 23.1 Å². The van der Waals surface area contributed by atoms with Gasteiger partial charge in [0, 0.05) is 20.0 Å². The van der Waals surface area contributed by atoms with E-state index in [9.17, 15) is 0 Å². The second kappa shape index (κ2) is 5.39. The van der Waals surface area contributed by atoms with Crippen LogP contribution in [0.3, 0.4) is 0 Å². The van der Waals surface area contributed by atoms with Gasteiger partial charge in [-0.2, -0.15) is 0 Å². The van der Waals surface area contributed by atoms with E-state index < -0.39 is 0 Å². The molecule has 0 saturated carbocycles. The summed E-state index contributed by atoms with van der Waals surface area (Å²) < 4.78 is 1.19. The Hall–Kier alpha value is 0.0400. The molecule has 0 atom stereocenters. The van der Waals surface area contributed by atoms with Gasteiger partial charge in [0.25, 0.3) is 0 Å². The SMILES string of the molecule is Clc1ccccc1SCc1sccc1Br. The van der Waals surface area contributed by atoms with E-state index in [4.69, 9.17) is 11.6 Å². The van der Waals surface area contributed by atoms with Gasteiger partial charge in [-0.3, -0.25) is 0 Å². The molecule has 4 heteroatoms. The molecule has 0 unspecified atom stereocenters. The van der Waals surface area contributed by atoms with Crippen LogP contribution in [0.5, 0.6) is 0 Å². The molecule has 0 amide bonds. The van der Waals surface area contributed by atoms with Gasteiger partial charge in [0.15, 0.2) is 0 Å². The van der Waals surface area contributed by atoms with Crippen LogP contribution in [0.2, 0.25) is 5.02 Å². The molecule has 2 rings (SSSR count). The molecular weight excluding hydrogens is 312 g/mol. The van der Waals surface area contributed by atoms with Crippen molar-refractivity contribution in [3.05, 3.63) is 50.1 Å². The highest BCUT2D eigenvalue weighted by molar-refractivity contribution is 9.10. The lowest BCUT2D eigenvalue weighted by Crippen LogP contribution is -1.77. The molecule has 0 aliphatic heterocycles. The summed E-state index contributed by atoms with van der Waals surface area (Å²) in [4.78, 5) is 2.49. The molecule has 0 aliphatic rings. The Morgan fingerprint density at radius 2 is 2.07 bits per heavy atom. The zero-order valence-electron chi connectivity index (χ0n) is 7.74. The molecule has 0 fully saturated rings. The van der Waals surface area contributed by atoms with Crippen molar-refractivity contribution in [2.45, 2.75) is 10.6 Å². The molecular formula is C11H8BrClS2. The van der Waals surface area contributed by atoms with Crippen LogP contribution in [0.1, 0.15) is 4.88 Å². The van der Waals surface area contributed by atoms with Crippen LogP contribution in [0, 0.1) is 0 Å². The minimum absolute atomic E-state index is 0.829. The fourth-order valence-electron chi connectivity index (χ4n) is 1.13. The van der Waals surface area contributed by atoms with Gasteiger partial charge in [0.2, 0.25) is 0 Å². The molecule has 0 aliphatic carbocycles. The topological polar surface area (TPSA) is 0 Å². The van der Waals surface area contributed by atoms with E-state index in [-0.39, 0.29) is 0 Å². The van der Waals surface area contributed by atoms with Gasteiger partial charge in [0.1, 0.15) is 0 Å². The van der Waals surface area contributed by atoms with Crippen LogP contribution in [0.4, 0.5) is 0 Å². The van der Waals surface area contributed by atoms with E-state index in [1.165, 1.54) is 9.35 Å². The maximum Gasteiger partial charge on any atom is 0.0541 e. The van der Waals surface area contributed by atoms with Crippen molar-refractivity contribution >= 4 is 50.6 Å². The first-order chi connectivity index (χ1) is 7.27. The van der Waals surface area contributed by atoms with Gasteiger partial charge in [-0.15, -0.1) is 23.1 Å². The maximum atomic E-state index is 6.08. The van der Waals surface area contributed by atoms with Gasteiger partial charge in [-0.1, -0.05) is 23.7 Å². The van der Waals surface area contributed by atoms with Crippen LogP contribution in [-0.2, 0) is 5.75 Å². The lowest BCUT2D eigenvalue weighted by atomic mass is 10.4. The van der Waals surface area contributed by atoms with E-state index in [1.807, 2.05) is 18.2 Å². The Bertz CT molecular complexity index is 453. The number of rotatable bonds is 3. The van der Waals surface area contributed by atoms with Crippen LogP contribution >= 0.6 is 50.6 Å². The fourth-order valence-corrected chi connectivity index (χ4v) is 4.17. The average Bonchev–Trinajstić information content (AvgIpc) is 2.63. The highest BCUT2D eigenvalue weighted by Gasteiger charge is 2.04. The van der Waals surface area contributed by atoms with E-state index >= 15 is 0 Å². The minimum Gasteiger partial charge on any atom is -0.147 e. The number of halogens is 2. The summed E-state index contributed by atoms with van der Waals surface area (Å²) in [7, 11) is 0. The molecule has 2 aromatic rings. The molecule has 0 nitrogen and oxygen atoms in total. The zero-order valence-corrected chi connectivity index (χ0v) is 11.7. The van der Waals surface area contributed by atoms with Crippen molar-refractivity contribution in [2.24, 2.45) is 0 Å². The minimum atomic E-state index is 0.829. The van der Waals surface area contributed by atoms with Crippen molar-refractivity contribution in [3.63, 3.8) is 0 Å². The summed E-state index contributed by atoms with van der Waals surface area (Å²) >= 11 is 13.1. The second-order valence-electron chi connectivity index (χ2n) is 2.91. The standard InChI is InChI=1S/C11H8BrClS2/c12-8-5-6-14-11(8)7-15-10-4-2-1-3-9(10)13/h1-6H,7H2. The lowest BCUT2D eigenvalue weighted by Gasteiger charge is -2.02. The monoisotopic (exact) mass is 318 g/mol. The average molecular weight is 320 g/mol. The van der Waals surface area contributed by atoms with Crippen LogP contribution in [0.15, 0.2) is 45.1 Å². The lowest BCUT2D eigenvalue weighted by molar-refractivity contribution is 1.42. The zero-order chi connectivity index (χ0) is 10.7. The third-order valence-electron chi connectivity index (χ3n) is 1.89. The molecule has 1 heterocycles. The quantitative estimate of drug-likeness (QED) is 0.677. The highest BCUT2D eigenvalue weighted by Crippen LogP contribution is 2.33. The number of hydrogen-bond acceptors (Lipinski definition) is 2. The van der Waals surface area contributed by atoms with Gasteiger partial charge in [-0.25, -0.2) is 0 Å². The molecule has 0 spiro atoms. The van der Waals surface area contributed by atoms with Gasteiger partial charge >= 0.3 is 0 Å². The van der Waals surface area contributed by atoms with Crippen LogP contribution in [0.25, 0.3) is 0 Å². The molecule has 0 N–H and O–H groups in total. The van der Waals surface area contributed by atoms with Crippen molar-refractivity contribution in [3.8, 4) is 0 Å². The Labute approximate surface area is 111 Å². The van der Waals surface area contributed by atoms with Crippen molar-refractivity contribution in [2.75, 3.05) is 0 Å². The van der Waals surface area contributed by atoms with Gasteiger partial charge < -0.3 is 0 Å². The number of hydrogen-bond donors (Lipinski definition) is 0. The van der Waals surface area contributed by atoms with Crippen molar-refractivity contribution in [1.29, 1.82) is 0 Å². The summed E-state index contributed by atoms with van der Waals surface area (Å²) in [6.45, 7) is 0. The predicted octanol–water partition coefficient (Wildman–Crippen LogP) is 5.46.